The Morgan fingerprint density at radius 1 is 1.19 bits per heavy atom. The van der Waals surface area contributed by atoms with Crippen LogP contribution in [0.2, 0.25) is 0 Å². The maximum atomic E-state index is 12.4. The molecule has 2 atom stereocenters. The fourth-order valence-electron chi connectivity index (χ4n) is 2.76. The van der Waals surface area contributed by atoms with E-state index in [4.69, 9.17) is 9.39 Å². The molecule has 2 N–H and O–H groups in total. The molecule has 6 nitrogen and oxygen atoms in total. The number of esters is 1. The highest BCUT2D eigenvalue weighted by Crippen LogP contribution is 2.17. The van der Waals surface area contributed by atoms with Crippen molar-refractivity contribution in [3.63, 3.8) is 0 Å². The van der Waals surface area contributed by atoms with Gasteiger partial charge in [0.2, 0.25) is 0 Å². The second-order valence-electron chi connectivity index (χ2n) is 6.26. The molecular formula is C19H20BNO5. The number of hydrogen-bond donors (Lipinski definition) is 2. The number of benzene rings is 2. The Labute approximate surface area is 152 Å². The van der Waals surface area contributed by atoms with E-state index in [1.165, 1.54) is 0 Å². The number of rotatable bonds is 5. The molecule has 0 radical (unpaired) electrons. The summed E-state index contributed by atoms with van der Waals surface area (Å²) in [7, 11) is -1.02. The molecule has 2 aromatic rings. The molecule has 26 heavy (non-hydrogen) atoms. The van der Waals surface area contributed by atoms with Gasteiger partial charge < -0.3 is 19.7 Å². The molecule has 1 heterocycles. The van der Waals surface area contributed by atoms with Crippen molar-refractivity contribution >= 4 is 24.5 Å². The lowest BCUT2D eigenvalue weighted by molar-refractivity contribution is -0.150. The number of hydrogen-bond acceptors (Lipinski definition) is 5. The molecule has 2 aromatic carbocycles. The predicted molar refractivity (Wildman–Crippen MR) is 96.7 cm³/mol. The van der Waals surface area contributed by atoms with Crippen molar-refractivity contribution in [3.05, 3.63) is 65.2 Å². The molecule has 0 spiro atoms. The molecule has 7 heteroatoms. The van der Waals surface area contributed by atoms with Crippen LogP contribution in [-0.4, -0.2) is 30.1 Å². The van der Waals surface area contributed by atoms with Crippen molar-refractivity contribution in [3.8, 4) is 0 Å². The number of ether oxygens (including phenoxy) is 1. The lowest BCUT2D eigenvalue weighted by atomic mass is 9.79. The minimum atomic E-state index is -1.02. The zero-order chi connectivity index (χ0) is 18.7. The molecule has 0 fully saturated rings. The maximum Gasteiger partial charge on any atom is 0.491 e. The summed E-state index contributed by atoms with van der Waals surface area (Å²) < 4.78 is 10.5. The van der Waals surface area contributed by atoms with Crippen LogP contribution in [0.4, 0.5) is 0 Å². The van der Waals surface area contributed by atoms with Crippen molar-refractivity contribution < 1.29 is 24.0 Å². The third-order valence-electron chi connectivity index (χ3n) is 4.33. The summed E-state index contributed by atoms with van der Waals surface area (Å²) in [5.41, 5.74) is 2.65. The molecule has 1 unspecified atom stereocenters. The van der Waals surface area contributed by atoms with Gasteiger partial charge in [0, 0.05) is 5.56 Å². The number of fused-ring (bicyclic) bond motifs is 1. The summed E-state index contributed by atoms with van der Waals surface area (Å²) in [5.74, 6) is -0.928. The molecule has 1 aliphatic heterocycles. The van der Waals surface area contributed by atoms with E-state index in [-0.39, 0.29) is 0 Å². The normalized spacial score (nSPS) is 15.1. The molecule has 134 valence electrons. The quantitative estimate of drug-likeness (QED) is 0.626. The van der Waals surface area contributed by atoms with Gasteiger partial charge in [-0.1, -0.05) is 36.4 Å². The lowest BCUT2D eigenvalue weighted by Gasteiger charge is -2.18. The summed E-state index contributed by atoms with van der Waals surface area (Å²) in [5, 5.41) is 12.4. The van der Waals surface area contributed by atoms with E-state index in [2.05, 4.69) is 5.32 Å². The summed E-state index contributed by atoms with van der Waals surface area (Å²) >= 11 is 0. The van der Waals surface area contributed by atoms with Crippen molar-refractivity contribution in [2.75, 3.05) is 0 Å². The number of nitrogens with one attached hydrogen (secondary N) is 1. The van der Waals surface area contributed by atoms with Gasteiger partial charge in [0.15, 0.2) is 0 Å². The van der Waals surface area contributed by atoms with Crippen LogP contribution in [-0.2, 0) is 20.8 Å². The Bertz CT molecular complexity index is 811. The third-order valence-corrected chi connectivity index (χ3v) is 4.33. The van der Waals surface area contributed by atoms with E-state index in [1.54, 1.807) is 32.0 Å². The second-order valence-corrected chi connectivity index (χ2v) is 6.26. The molecule has 1 aliphatic rings. The standard InChI is InChI=1S/C19H20BNO5/c1-12(19(23)26-13(2)14-6-4-3-5-7-14)21-18(22)15-8-9-16-11-25-20(24)17(16)10-15/h3-10,12-13,24H,11H2,1-2H3,(H,21,22)/t12-,13?/m0/s1. The zero-order valence-corrected chi connectivity index (χ0v) is 14.6. The third kappa shape index (κ3) is 3.95. The lowest BCUT2D eigenvalue weighted by Crippen LogP contribution is -2.40. The fraction of sp³-hybridized carbons (Fsp3) is 0.263. The number of carbonyl (C=O) groups is 2. The van der Waals surface area contributed by atoms with E-state index < -0.39 is 31.1 Å². The molecule has 3 rings (SSSR count). The monoisotopic (exact) mass is 353 g/mol. The molecule has 0 aliphatic carbocycles. The SMILES string of the molecule is CC(OC(=O)[C@H](C)NC(=O)c1ccc2c(c1)B(O)OC2)c1ccccc1. The Morgan fingerprint density at radius 2 is 1.92 bits per heavy atom. The minimum absolute atomic E-state index is 0.318. The van der Waals surface area contributed by atoms with Crippen molar-refractivity contribution in [2.24, 2.45) is 0 Å². The first-order chi connectivity index (χ1) is 12.5. The molecule has 0 aromatic heterocycles. The zero-order valence-electron chi connectivity index (χ0n) is 14.6. The molecule has 1 amide bonds. The van der Waals surface area contributed by atoms with Gasteiger partial charge in [-0.3, -0.25) is 4.79 Å². The molecule has 0 saturated heterocycles. The Morgan fingerprint density at radius 3 is 2.65 bits per heavy atom. The van der Waals surface area contributed by atoms with Gasteiger partial charge in [0.05, 0.1) is 6.61 Å². The van der Waals surface area contributed by atoms with Gasteiger partial charge in [-0.2, -0.15) is 0 Å². The first-order valence-electron chi connectivity index (χ1n) is 8.44. The highest BCUT2D eigenvalue weighted by Gasteiger charge is 2.28. The highest BCUT2D eigenvalue weighted by molar-refractivity contribution is 6.61. The van der Waals surface area contributed by atoms with Gasteiger partial charge in [0.25, 0.3) is 5.91 Å². The average Bonchev–Trinajstić information content (AvgIpc) is 3.02. The Hall–Kier alpha value is -2.64. The van der Waals surface area contributed by atoms with Crippen LogP contribution in [0.15, 0.2) is 48.5 Å². The van der Waals surface area contributed by atoms with Gasteiger partial charge in [-0.05, 0) is 42.6 Å². The molecular weight excluding hydrogens is 333 g/mol. The number of amides is 1. The maximum absolute atomic E-state index is 12.4. The Kier molecular flexibility index (Phi) is 5.39. The van der Waals surface area contributed by atoms with Crippen molar-refractivity contribution in [1.82, 2.24) is 5.32 Å². The summed E-state index contributed by atoms with van der Waals surface area (Å²) in [6.07, 6.45) is -0.407. The second kappa shape index (κ2) is 7.72. The van der Waals surface area contributed by atoms with Gasteiger partial charge >= 0.3 is 13.1 Å². The van der Waals surface area contributed by atoms with Gasteiger partial charge in [0.1, 0.15) is 12.1 Å². The molecule has 0 saturated carbocycles. The highest BCUT2D eigenvalue weighted by atomic mass is 16.5. The van der Waals surface area contributed by atoms with Crippen LogP contribution >= 0.6 is 0 Å². The topological polar surface area (TPSA) is 84.9 Å². The van der Waals surface area contributed by atoms with E-state index >= 15 is 0 Å². The van der Waals surface area contributed by atoms with Crippen LogP contribution in [0.5, 0.6) is 0 Å². The summed E-state index contributed by atoms with van der Waals surface area (Å²) in [6.45, 7) is 3.67. The number of carbonyl (C=O) groups excluding carboxylic acids is 2. The largest absolute Gasteiger partial charge is 0.491 e. The minimum Gasteiger partial charge on any atom is -0.456 e. The first kappa shape index (κ1) is 18.2. The summed E-state index contributed by atoms with van der Waals surface area (Å²) in [4.78, 5) is 24.6. The summed E-state index contributed by atoms with van der Waals surface area (Å²) in [6, 6.07) is 13.5. The predicted octanol–water partition coefficient (Wildman–Crippen LogP) is 1.33. The van der Waals surface area contributed by atoms with E-state index in [0.717, 1.165) is 11.1 Å². The average molecular weight is 353 g/mol. The van der Waals surface area contributed by atoms with Crippen molar-refractivity contribution in [2.45, 2.75) is 32.6 Å². The fourth-order valence-corrected chi connectivity index (χ4v) is 2.76. The van der Waals surface area contributed by atoms with E-state index in [9.17, 15) is 14.6 Å². The van der Waals surface area contributed by atoms with Gasteiger partial charge in [-0.25, -0.2) is 4.79 Å². The Balaban J connectivity index is 1.60. The first-order valence-corrected chi connectivity index (χ1v) is 8.44. The van der Waals surface area contributed by atoms with Crippen LogP contribution < -0.4 is 10.8 Å². The van der Waals surface area contributed by atoms with Crippen LogP contribution in [0.3, 0.4) is 0 Å². The van der Waals surface area contributed by atoms with E-state index in [1.807, 2.05) is 30.3 Å². The van der Waals surface area contributed by atoms with Gasteiger partial charge in [-0.15, -0.1) is 0 Å². The van der Waals surface area contributed by atoms with Crippen LogP contribution in [0, 0.1) is 0 Å². The molecule has 0 bridgehead atoms. The van der Waals surface area contributed by atoms with Crippen LogP contribution in [0.25, 0.3) is 0 Å². The van der Waals surface area contributed by atoms with Crippen LogP contribution in [0.1, 0.15) is 41.4 Å². The van der Waals surface area contributed by atoms with Crippen molar-refractivity contribution in [1.29, 1.82) is 0 Å². The van der Waals surface area contributed by atoms with E-state index in [0.29, 0.717) is 17.6 Å². The smallest absolute Gasteiger partial charge is 0.456 e.